The lowest BCUT2D eigenvalue weighted by molar-refractivity contribution is -0.113. The maximum Gasteiger partial charge on any atom is 0.274 e. The Morgan fingerprint density at radius 2 is 1.83 bits per heavy atom. The number of halogens is 1. The summed E-state index contributed by atoms with van der Waals surface area (Å²) in [5.41, 5.74) is 3.35. The van der Waals surface area contributed by atoms with E-state index in [9.17, 15) is 9.18 Å². The van der Waals surface area contributed by atoms with Gasteiger partial charge in [-0.2, -0.15) is 0 Å². The van der Waals surface area contributed by atoms with E-state index in [0.717, 1.165) is 43.1 Å². The summed E-state index contributed by atoms with van der Waals surface area (Å²) in [6.07, 6.45) is 0. The second-order valence-electron chi connectivity index (χ2n) is 7.95. The van der Waals surface area contributed by atoms with E-state index in [1.165, 1.54) is 23.9 Å². The Kier molecular flexibility index (Phi) is 5.63. The largest absolute Gasteiger partial charge is 0.334 e. The highest BCUT2D eigenvalue weighted by Crippen LogP contribution is 2.51. The lowest BCUT2D eigenvalue weighted by Crippen LogP contribution is -2.29. The summed E-state index contributed by atoms with van der Waals surface area (Å²) in [5.74, 6) is -0.515. The number of benzene rings is 3. The second-order valence-corrected chi connectivity index (χ2v) is 11.2. The van der Waals surface area contributed by atoms with E-state index in [2.05, 4.69) is 28.9 Å². The molecule has 1 saturated heterocycles. The lowest BCUT2D eigenvalue weighted by Gasteiger charge is -2.19. The highest BCUT2D eigenvalue weighted by molar-refractivity contribution is 8.20. The van der Waals surface area contributed by atoms with Crippen LogP contribution in [0.15, 0.2) is 86.6 Å². The van der Waals surface area contributed by atoms with Gasteiger partial charge in [-0.05, 0) is 80.2 Å². The molecule has 1 fully saturated rings. The predicted molar refractivity (Wildman–Crippen MR) is 145 cm³/mol. The average molecular weight is 519 g/mol. The number of thiazole rings is 1. The highest BCUT2D eigenvalue weighted by Gasteiger charge is 2.40. The lowest BCUT2D eigenvalue weighted by atomic mass is 10.2. The third kappa shape index (κ3) is 3.93. The number of rotatable bonds is 3. The van der Waals surface area contributed by atoms with Crippen molar-refractivity contribution in [2.75, 3.05) is 16.3 Å². The zero-order chi connectivity index (χ0) is 24.1. The first kappa shape index (κ1) is 22.3. The van der Waals surface area contributed by atoms with Crippen molar-refractivity contribution >= 4 is 73.2 Å². The number of anilines is 2. The molecular formula is C26H19FN4OS3. The molecule has 3 aromatic carbocycles. The number of hydrogen-bond donors (Lipinski definition) is 0. The molecule has 3 heterocycles. The number of thioether (sulfide) groups is 2. The summed E-state index contributed by atoms with van der Waals surface area (Å²) in [4.78, 5) is 28.7. The maximum absolute atomic E-state index is 13.8. The predicted octanol–water partition coefficient (Wildman–Crippen LogP) is 7.31. The molecular weight excluding hydrogens is 500 g/mol. The summed E-state index contributed by atoms with van der Waals surface area (Å²) in [6.45, 7) is 4.79. The van der Waals surface area contributed by atoms with Crippen molar-refractivity contribution in [3.8, 4) is 0 Å². The second kappa shape index (κ2) is 8.82. The Hall–Kier alpha value is -3.14. The number of amides is 1. The summed E-state index contributed by atoms with van der Waals surface area (Å²) in [6, 6.07) is 19.9. The normalized spacial score (nSPS) is 18.8. The van der Waals surface area contributed by atoms with E-state index in [1.54, 1.807) is 40.1 Å². The maximum atomic E-state index is 13.8. The number of aromatic nitrogens is 1. The monoisotopic (exact) mass is 518 g/mol. The van der Waals surface area contributed by atoms with Crippen molar-refractivity contribution < 1.29 is 9.18 Å². The molecule has 0 bridgehead atoms. The van der Waals surface area contributed by atoms with Crippen LogP contribution >= 0.6 is 34.9 Å². The third-order valence-electron chi connectivity index (χ3n) is 5.69. The van der Waals surface area contributed by atoms with Crippen molar-refractivity contribution in [1.29, 1.82) is 0 Å². The molecule has 2 aliphatic rings. The Labute approximate surface area is 214 Å². The van der Waals surface area contributed by atoms with Gasteiger partial charge in [0, 0.05) is 11.4 Å². The molecule has 0 spiro atoms. The van der Waals surface area contributed by atoms with Gasteiger partial charge in [0.15, 0.2) is 5.17 Å². The molecule has 0 saturated carbocycles. The zero-order valence-electron chi connectivity index (χ0n) is 18.9. The van der Waals surface area contributed by atoms with Crippen LogP contribution in [0, 0.1) is 12.7 Å². The van der Waals surface area contributed by atoms with Gasteiger partial charge in [-0.15, -0.1) is 11.3 Å². The Morgan fingerprint density at radius 3 is 2.63 bits per heavy atom. The molecule has 174 valence electrons. The fourth-order valence-corrected chi connectivity index (χ4v) is 7.38. The standard InChI is InChI=1S/C26H19FN4OS3/c1-3-30-20-6-4-5-7-21(20)34-25(30)23-24(32)31(18-11-8-16(27)9-12-18)26(35-23)29-17-10-13-19-22(14-17)33-15(2)28-19/h4-14H,3H2,1-2H3/b25-23-,29-26?. The molecule has 1 aromatic heterocycles. The van der Waals surface area contributed by atoms with Gasteiger partial charge in [-0.1, -0.05) is 23.9 Å². The molecule has 0 unspecified atom stereocenters. The first-order valence-corrected chi connectivity index (χ1v) is 13.5. The zero-order valence-corrected chi connectivity index (χ0v) is 21.3. The summed E-state index contributed by atoms with van der Waals surface area (Å²) in [7, 11) is 0. The number of nitrogens with zero attached hydrogens (tertiary/aromatic N) is 4. The number of fused-ring (bicyclic) bond motifs is 2. The topological polar surface area (TPSA) is 48.8 Å². The van der Waals surface area contributed by atoms with E-state index in [4.69, 9.17) is 4.99 Å². The Balaban J connectivity index is 1.47. The molecule has 9 heteroatoms. The minimum absolute atomic E-state index is 0.163. The molecule has 4 aromatic rings. The van der Waals surface area contributed by atoms with Crippen LogP contribution in [0.2, 0.25) is 0 Å². The van der Waals surface area contributed by atoms with E-state index in [0.29, 0.717) is 15.8 Å². The van der Waals surface area contributed by atoms with Crippen molar-refractivity contribution in [1.82, 2.24) is 4.98 Å². The number of aryl methyl sites for hydroxylation is 1. The van der Waals surface area contributed by atoms with Gasteiger partial charge in [0.1, 0.15) is 15.8 Å². The molecule has 2 aliphatic heterocycles. The molecule has 0 aliphatic carbocycles. The Bertz CT molecular complexity index is 1540. The van der Waals surface area contributed by atoms with Crippen LogP contribution in [-0.4, -0.2) is 22.6 Å². The molecule has 0 N–H and O–H groups in total. The van der Waals surface area contributed by atoms with Crippen LogP contribution in [-0.2, 0) is 4.79 Å². The molecule has 0 radical (unpaired) electrons. The summed E-state index contributed by atoms with van der Waals surface area (Å²) < 4.78 is 14.7. The van der Waals surface area contributed by atoms with Gasteiger partial charge in [0.05, 0.1) is 32.3 Å². The number of amidine groups is 1. The van der Waals surface area contributed by atoms with Crippen molar-refractivity contribution in [3.63, 3.8) is 0 Å². The van der Waals surface area contributed by atoms with E-state index >= 15 is 0 Å². The van der Waals surface area contributed by atoms with Crippen molar-refractivity contribution in [2.45, 2.75) is 18.7 Å². The molecule has 0 atom stereocenters. The highest BCUT2D eigenvalue weighted by atomic mass is 32.2. The van der Waals surface area contributed by atoms with Crippen LogP contribution in [0.1, 0.15) is 11.9 Å². The molecule has 6 rings (SSSR count). The van der Waals surface area contributed by atoms with Gasteiger partial charge < -0.3 is 4.90 Å². The van der Waals surface area contributed by atoms with Crippen LogP contribution in [0.3, 0.4) is 0 Å². The fraction of sp³-hybridized carbons (Fsp3) is 0.115. The minimum Gasteiger partial charge on any atom is -0.334 e. The summed E-state index contributed by atoms with van der Waals surface area (Å²) in [5, 5.41) is 2.43. The van der Waals surface area contributed by atoms with Crippen molar-refractivity contribution in [3.05, 3.63) is 87.5 Å². The smallest absolute Gasteiger partial charge is 0.274 e. The SMILES string of the molecule is CCN1/C(=C2/SC(=Nc3ccc4nc(C)sc4c3)N(c3ccc(F)cc3)C2=O)Sc2ccccc21. The van der Waals surface area contributed by atoms with Crippen LogP contribution in [0.4, 0.5) is 21.5 Å². The van der Waals surface area contributed by atoms with E-state index in [1.807, 2.05) is 37.3 Å². The Morgan fingerprint density at radius 1 is 1.03 bits per heavy atom. The quantitative estimate of drug-likeness (QED) is 0.266. The van der Waals surface area contributed by atoms with Crippen LogP contribution < -0.4 is 9.80 Å². The van der Waals surface area contributed by atoms with Gasteiger partial charge in [-0.25, -0.2) is 14.4 Å². The fourth-order valence-electron chi connectivity index (χ4n) is 4.12. The number of hydrogen-bond acceptors (Lipinski definition) is 7. The first-order chi connectivity index (χ1) is 17.0. The van der Waals surface area contributed by atoms with E-state index in [-0.39, 0.29) is 11.7 Å². The van der Waals surface area contributed by atoms with E-state index < -0.39 is 0 Å². The molecule has 5 nitrogen and oxygen atoms in total. The van der Waals surface area contributed by atoms with Crippen molar-refractivity contribution in [2.24, 2.45) is 4.99 Å². The number of carbonyl (C=O) groups is 1. The molecule has 1 amide bonds. The minimum atomic E-state index is -0.352. The number of carbonyl (C=O) groups excluding carboxylic acids is 1. The average Bonchev–Trinajstić information content (AvgIpc) is 3.51. The number of para-hydroxylation sites is 1. The van der Waals surface area contributed by atoms with Gasteiger partial charge in [-0.3, -0.25) is 9.69 Å². The summed E-state index contributed by atoms with van der Waals surface area (Å²) >= 11 is 4.57. The van der Waals surface area contributed by atoms with Crippen LogP contribution in [0.5, 0.6) is 0 Å². The van der Waals surface area contributed by atoms with Crippen LogP contribution in [0.25, 0.3) is 10.2 Å². The first-order valence-electron chi connectivity index (χ1n) is 11.0. The third-order valence-corrected chi connectivity index (χ3v) is 8.96. The van der Waals surface area contributed by atoms with Gasteiger partial charge >= 0.3 is 0 Å². The number of aliphatic imine (C=N–C) groups is 1. The van der Waals surface area contributed by atoms with Gasteiger partial charge in [0.25, 0.3) is 5.91 Å². The molecule has 35 heavy (non-hydrogen) atoms. The van der Waals surface area contributed by atoms with Gasteiger partial charge in [0.2, 0.25) is 0 Å².